The minimum absolute atomic E-state index is 0.428. The maximum absolute atomic E-state index is 6.18. The van der Waals surface area contributed by atoms with Crippen molar-refractivity contribution in [1.82, 2.24) is 15.3 Å². The normalized spacial score (nSPS) is 11.3. The predicted molar refractivity (Wildman–Crippen MR) is 125 cm³/mol. The van der Waals surface area contributed by atoms with E-state index < -0.39 is 0 Å². The Morgan fingerprint density at radius 1 is 1.24 bits per heavy atom. The minimum Gasteiger partial charge on any atom is -0.491 e. The molecule has 2 N–H and O–H groups in total. The summed E-state index contributed by atoms with van der Waals surface area (Å²) >= 11 is 5.06. The number of hydrogen-bond acceptors (Lipinski definition) is 3. The standard InChI is InChI=1S/C23H28N4OS/c1-16(2)19-10-9-17(3)13-22(19)28-12-11-27-15-18(14-25-26-23(29)24-4)20-7-5-6-8-21(20)27/h5-10,13-16H,11-12H2,1-4H3,(H2,24,26,29). The quantitative estimate of drug-likeness (QED) is 0.341. The lowest BCUT2D eigenvalue weighted by atomic mass is 10.0. The van der Waals surface area contributed by atoms with Crippen LogP contribution in [0.15, 0.2) is 53.8 Å². The zero-order valence-electron chi connectivity index (χ0n) is 17.4. The Kier molecular flexibility index (Phi) is 6.88. The monoisotopic (exact) mass is 408 g/mol. The molecule has 6 heteroatoms. The molecule has 0 aliphatic rings. The SMILES string of the molecule is CNC(=S)NN=Cc1cn(CCOc2cc(C)ccc2C(C)C)c2ccccc12. The minimum atomic E-state index is 0.428. The molecule has 0 bridgehead atoms. The highest BCUT2D eigenvalue weighted by Gasteiger charge is 2.10. The first-order chi connectivity index (χ1) is 14.0. The molecule has 0 saturated heterocycles. The van der Waals surface area contributed by atoms with Gasteiger partial charge in [0.15, 0.2) is 5.11 Å². The van der Waals surface area contributed by atoms with Crippen LogP contribution in [0.1, 0.15) is 36.5 Å². The molecule has 1 aromatic heterocycles. The van der Waals surface area contributed by atoms with Crippen LogP contribution in [0, 0.1) is 6.92 Å². The number of nitrogens with zero attached hydrogens (tertiary/aromatic N) is 2. The average Bonchev–Trinajstić information content (AvgIpc) is 3.05. The summed E-state index contributed by atoms with van der Waals surface area (Å²) < 4.78 is 8.38. The Bertz CT molecular complexity index is 1020. The second kappa shape index (κ2) is 9.56. The fraction of sp³-hybridized carbons (Fsp3) is 0.304. The van der Waals surface area contributed by atoms with Crippen LogP contribution in [0.3, 0.4) is 0 Å². The molecule has 2 aromatic carbocycles. The number of para-hydroxylation sites is 1. The van der Waals surface area contributed by atoms with Crippen LogP contribution in [-0.2, 0) is 6.54 Å². The highest BCUT2D eigenvalue weighted by atomic mass is 32.1. The lowest BCUT2D eigenvalue weighted by Crippen LogP contribution is -2.28. The van der Waals surface area contributed by atoms with Gasteiger partial charge in [0, 0.05) is 29.7 Å². The average molecular weight is 409 g/mol. The summed E-state index contributed by atoms with van der Waals surface area (Å²) in [6, 6.07) is 14.7. The number of rotatable bonds is 7. The number of benzene rings is 2. The van der Waals surface area contributed by atoms with Crippen molar-refractivity contribution in [2.45, 2.75) is 33.2 Å². The molecule has 1 heterocycles. The summed E-state index contributed by atoms with van der Waals surface area (Å²) in [7, 11) is 1.76. The number of thiocarbonyl (C=S) groups is 1. The molecule has 5 nitrogen and oxygen atoms in total. The zero-order valence-corrected chi connectivity index (χ0v) is 18.2. The van der Waals surface area contributed by atoms with E-state index in [-0.39, 0.29) is 0 Å². The van der Waals surface area contributed by atoms with Crippen LogP contribution in [0.2, 0.25) is 0 Å². The van der Waals surface area contributed by atoms with Crippen LogP contribution in [0.5, 0.6) is 5.75 Å². The number of nitrogens with one attached hydrogen (secondary N) is 2. The number of ether oxygens (including phenoxy) is 1. The van der Waals surface area contributed by atoms with E-state index in [1.165, 1.54) is 11.1 Å². The van der Waals surface area contributed by atoms with E-state index in [2.05, 4.69) is 77.7 Å². The second-order valence-electron chi connectivity index (χ2n) is 7.29. The van der Waals surface area contributed by atoms with E-state index in [1.54, 1.807) is 13.3 Å². The van der Waals surface area contributed by atoms with Gasteiger partial charge in [0.05, 0.1) is 12.8 Å². The Morgan fingerprint density at radius 3 is 2.79 bits per heavy atom. The second-order valence-corrected chi connectivity index (χ2v) is 7.70. The van der Waals surface area contributed by atoms with Gasteiger partial charge in [0.25, 0.3) is 0 Å². The van der Waals surface area contributed by atoms with Gasteiger partial charge >= 0.3 is 0 Å². The third-order valence-corrected chi connectivity index (χ3v) is 5.09. The van der Waals surface area contributed by atoms with Crippen LogP contribution in [0.25, 0.3) is 10.9 Å². The van der Waals surface area contributed by atoms with Crippen molar-refractivity contribution in [1.29, 1.82) is 0 Å². The maximum Gasteiger partial charge on any atom is 0.186 e. The van der Waals surface area contributed by atoms with Gasteiger partial charge in [-0.15, -0.1) is 0 Å². The molecule has 0 aliphatic heterocycles. The molecule has 152 valence electrons. The molecule has 0 amide bonds. The highest BCUT2D eigenvalue weighted by Crippen LogP contribution is 2.27. The lowest BCUT2D eigenvalue weighted by Gasteiger charge is -2.15. The zero-order chi connectivity index (χ0) is 20.8. The van der Waals surface area contributed by atoms with Crippen molar-refractivity contribution in [3.05, 3.63) is 65.4 Å². The smallest absolute Gasteiger partial charge is 0.186 e. The van der Waals surface area contributed by atoms with E-state index in [0.29, 0.717) is 17.6 Å². The molecule has 29 heavy (non-hydrogen) atoms. The van der Waals surface area contributed by atoms with Crippen molar-refractivity contribution in [3.8, 4) is 5.75 Å². The molecule has 0 fully saturated rings. The van der Waals surface area contributed by atoms with Crippen molar-refractivity contribution < 1.29 is 4.74 Å². The summed E-state index contributed by atoms with van der Waals surface area (Å²) in [6.45, 7) is 7.82. The van der Waals surface area contributed by atoms with Gasteiger partial charge in [0.1, 0.15) is 12.4 Å². The third kappa shape index (κ3) is 5.15. The van der Waals surface area contributed by atoms with Gasteiger partial charge < -0.3 is 14.6 Å². The number of fused-ring (bicyclic) bond motifs is 1. The number of hydrazone groups is 1. The van der Waals surface area contributed by atoms with Gasteiger partial charge in [-0.1, -0.05) is 44.2 Å². The first-order valence-electron chi connectivity index (χ1n) is 9.81. The molecule has 0 aliphatic carbocycles. The molecule has 0 unspecified atom stereocenters. The molecule has 0 atom stereocenters. The summed E-state index contributed by atoms with van der Waals surface area (Å²) in [5.74, 6) is 1.40. The largest absolute Gasteiger partial charge is 0.491 e. The van der Waals surface area contributed by atoms with Crippen molar-refractivity contribution >= 4 is 34.4 Å². The van der Waals surface area contributed by atoms with Gasteiger partial charge in [-0.3, -0.25) is 5.43 Å². The number of hydrogen-bond donors (Lipinski definition) is 2. The fourth-order valence-electron chi connectivity index (χ4n) is 3.28. The Hall–Kier alpha value is -2.86. The van der Waals surface area contributed by atoms with Crippen molar-refractivity contribution in [2.24, 2.45) is 5.10 Å². The van der Waals surface area contributed by atoms with E-state index in [1.807, 2.05) is 12.1 Å². The van der Waals surface area contributed by atoms with E-state index in [4.69, 9.17) is 17.0 Å². The molecule has 3 aromatic rings. The topological polar surface area (TPSA) is 50.6 Å². The lowest BCUT2D eigenvalue weighted by molar-refractivity contribution is 0.296. The van der Waals surface area contributed by atoms with Gasteiger partial charge in [-0.2, -0.15) is 5.10 Å². The van der Waals surface area contributed by atoms with Crippen LogP contribution >= 0.6 is 12.2 Å². The fourth-order valence-corrected chi connectivity index (χ4v) is 3.33. The number of aromatic nitrogens is 1. The van der Waals surface area contributed by atoms with Gasteiger partial charge in [-0.05, 0) is 48.3 Å². The molecular formula is C23H28N4OS. The predicted octanol–water partition coefficient (Wildman–Crippen LogP) is 4.58. The number of aryl methyl sites for hydroxylation is 1. The maximum atomic E-state index is 6.18. The highest BCUT2D eigenvalue weighted by molar-refractivity contribution is 7.80. The van der Waals surface area contributed by atoms with Crippen LogP contribution in [0.4, 0.5) is 0 Å². The van der Waals surface area contributed by atoms with E-state index in [9.17, 15) is 0 Å². The molecular weight excluding hydrogens is 380 g/mol. The summed E-state index contributed by atoms with van der Waals surface area (Å²) in [5, 5.41) is 8.69. The molecule has 0 spiro atoms. The van der Waals surface area contributed by atoms with E-state index in [0.717, 1.165) is 28.8 Å². The summed E-state index contributed by atoms with van der Waals surface area (Å²) in [4.78, 5) is 0. The summed E-state index contributed by atoms with van der Waals surface area (Å²) in [6.07, 6.45) is 3.89. The molecule has 0 saturated carbocycles. The Morgan fingerprint density at radius 2 is 2.03 bits per heavy atom. The van der Waals surface area contributed by atoms with Crippen LogP contribution in [-0.4, -0.2) is 29.5 Å². The first kappa shape index (κ1) is 20.9. The van der Waals surface area contributed by atoms with Gasteiger partial charge in [0.2, 0.25) is 0 Å². The van der Waals surface area contributed by atoms with Crippen LogP contribution < -0.4 is 15.5 Å². The van der Waals surface area contributed by atoms with Crippen molar-refractivity contribution in [3.63, 3.8) is 0 Å². The third-order valence-electron chi connectivity index (χ3n) is 4.80. The van der Waals surface area contributed by atoms with E-state index >= 15 is 0 Å². The first-order valence-corrected chi connectivity index (χ1v) is 10.2. The summed E-state index contributed by atoms with van der Waals surface area (Å²) in [5.41, 5.74) is 7.44. The van der Waals surface area contributed by atoms with Gasteiger partial charge in [-0.25, -0.2) is 0 Å². The Labute approximate surface area is 177 Å². The molecule has 0 radical (unpaired) electrons. The molecule has 3 rings (SSSR count). The van der Waals surface area contributed by atoms with Crippen molar-refractivity contribution in [2.75, 3.05) is 13.7 Å². The Balaban J connectivity index is 1.76.